The summed E-state index contributed by atoms with van der Waals surface area (Å²) in [6.07, 6.45) is 0. The summed E-state index contributed by atoms with van der Waals surface area (Å²) in [6.45, 7) is 1.18. The van der Waals surface area contributed by atoms with Gasteiger partial charge in [-0.05, 0) is 43.3 Å². The van der Waals surface area contributed by atoms with Gasteiger partial charge in [0.2, 0.25) is 0 Å². The number of carboxylic acids is 1. The SMILES string of the molecule is CC(C(=O)O)N(c1c(Cl)cccc1Cl)S(=O)(=O)c1ccc(F)cc1. The van der Waals surface area contributed by atoms with Gasteiger partial charge >= 0.3 is 5.97 Å². The summed E-state index contributed by atoms with van der Waals surface area (Å²) in [5, 5.41) is 9.24. The molecule has 2 rings (SSSR count). The van der Waals surface area contributed by atoms with E-state index in [9.17, 15) is 22.7 Å². The van der Waals surface area contributed by atoms with Crippen LogP contribution in [-0.4, -0.2) is 25.5 Å². The van der Waals surface area contributed by atoms with E-state index in [0.717, 1.165) is 24.3 Å². The van der Waals surface area contributed by atoms with Gasteiger partial charge in [-0.25, -0.2) is 21.9 Å². The summed E-state index contributed by atoms with van der Waals surface area (Å²) < 4.78 is 39.5. The number of carboxylic acid groups (broad SMARTS) is 1. The zero-order valence-electron chi connectivity index (χ0n) is 12.3. The largest absolute Gasteiger partial charge is 0.480 e. The highest BCUT2D eigenvalue weighted by molar-refractivity contribution is 7.93. The van der Waals surface area contributed by atoms with Crippen molar-refractivity contribution < 1.29 is 22.7 Å². The molecular formula is C15H12Cl2FNO4S. The molecule has 24 heavy (non-hydrogen) atoms. The number of carbonyl (C=O) groups is 1. The van der Waals surface area contributed by atoms with Crippen LogP contribution in [0.3, 0.4) is 0 Å². The van der Waals surface area contributed by atoms with Gasteiger partial charge < -0.3 is 5.11 Å². The van der Waals surface area contributed by atoms with Crippen LogP contribution >= 0.6 is 23.2 Å². The Labute approximate surface area is 148 Å². The quantitative estimate of drug-likeness (QED) is 0.840. The zero-order chi connectivity index (χ0) is 18.1. The lowest BCUT2D eigenvalue weighted by Crippen LogP contribution is -2.43. The number of nitrogens with zero attached hydrogens (tertiary/aromatic N) is 1. The second kappa shape index (κ2) is 6.96. The van der Waals surface area contributed by atoms with Gasteiger partial charge in [0.05, 0.1) is 20.6 Å². The normalized spacial score (nSPS) is 12.7. The van der Waals surface area contributed by atoms with Crippen LogP contribution in [0.4, 0.5) is 10.1 Å². The van der Waals surface area contributed by atoms with Crippen molar-refractivity contribution in [2.75, 3.05) is 4.31 Å². The maximum absolute atomic E-state index is 13.1. The van der Waals surface area contributed by atoms with Crippen LogP contribution in [0, 0.1) is 5.82 Å². The Kier molecular flexibility index (Phi) is 5.37. The molecule has 0 bridgehead atoms. The molecule has 0 aliphatic rings. The van der Waals surface area contributed by atoms with E-state index in [1.54, 1.807) is 0 Å². The number of anilines is 1. The summed E-state index contributed by atoms with van der Waals surface area (Å²) in [4.78, 5) is 11.1. The molecule has 0 aromatic heterocycles. The first-order valence-electron chi connectivity index (χ1n) is 6.63. The van der Waals surface area contributed by atoms with Gasteiger partial charge in [-0.2, -0.15) is 0 Å². The van der Waals surface area contributed by atoms with E-state index in [1.165, 1.54) is 25.1 Å². The van der Waals surface area contributed by atoms with Crippen molar-refractivity contribution in [1.29, 1.82) is 0 Å². The lowest BCUT2D eigenvalue weighted by Gasteiger charge is -2.29. The van der Waals surface area contributed by atoms with Gasteiger partial charge in [-0.3, -0.25) is 0 Å². The third-order valence-electron chi connectivity index (χ3n) is 3.24. The molecule has 1 N–H and O–H groups in total. The molecule has 2 aromatic carbocycles. The summed E-state index contributed by atoms with van der Waals surface area (Å²) >= 11 is 12.1. The van der Waals surface area contributed by atoms with Crippen LogP contribution in [0.25, 0.3) is 0 Å². The molecule has 9 heteroatoms. The summed E-state index contributed by atoms with van der Waals surface area (Å²) in [6, 6.07) is 6.80. The minimum Gasteiger partial charge on any atom is -0.480 e. The Morgan fingerprint density at radius 2 is 1.62 bits per heavy atom. The summed E-state index contributed by atoms with van der Waals surface area (Å²) in [5.74, 6) is -2.01. The molecule has 0 saturated heterocycles. The van der Waals surface area contributed by atoms with Crippen molar-refractivity contribution in [3.05, 3.63) is 58.3 Å². The molecular weight excluding hydrogens is 380 g/mol. The van der Waals surface area contributed by atoms with E-state index in [1.807, 2.05) is 0 Å². The first-order chi connectivity index (χ1) is 11.2. The Bertz CT molecular complexity index is 851. The van der Waals surface area contributed by atoms with E-state index in [0.29, 0.717) is 4.31 Å². The van der Waals surface area contributed by atoms with Crippen molar-refractivity contribution in [2.45, 2.75) is 17.9 Å². The van der Waals surface area contributed by atoms with Crippen LogP contribution < -0.4 is 4.31 Å². The number of hydrogen-bond acceptors (Lipinski definition) is 3. The molecule has 0 aliphatic carbocycles. The Morgan fingerprint density at radius 1 is 1.12 bits per heavy atom. The molecule has 0 saturated carbocycles. The van der Waals surface area contributed by atoms with Crippen LogP contribution in [-0.2, 0) is 14.8 Å². The molecule has 2 aromatic rings. The molecule has 0 amide bonds. The fourth-order valence-electron chi connectivity index (χ4n) is 2.04. The van der Waals surface area contributed by atoms with Crippen molar-refractivity contribution in [1.82, 2.24) is 0 Å². The third-order valence-corrected chi connectivity index (χ3v) is 5.73. The zero-order valence-corrected chi connectivity index (χ0v) is 14.6. The number of halogens is 3. The molecule has 0 fully saturated rings. The minimum atomic E-state index is -4.34. The van der Waals surface area contributed by atoms with Gasteiger partial charge in [-0.15, -0.1) is 0 Å². The third kappa shape index (κ3) is 3.48. The van der Waals surface area contributed by atoms with Crippen LogP contribution in [0.15, 0.2) is 47.4 Å². The van der Waals surface area contributed by atoms with E-state index in [-0.39, 0.29) is 20.6 Å². The van der Waals surface area contributed by atoms with E-state index < -0.39 is 27.9 Å². The maximum Gasteiger partial charge on any atom is 0.327 e. The summed E-state index contributed by atoms with van der Waals surface area (Å²) in [5.41, 5.74) is -0.153. The van der Waals surface area contributed by atoms with Crippen LogP contribution in [0.5, 0.6) is 0 Å². The second-order valence-electron chi connectivity index (χ2n) is 4.84. The van der Waals surface area contributed by atoms with Gasteiger partial charge in [0, 0.05) is 0 Å². The Morgan fingerprint density at radius 3 is 2.08 bits per heavy atom. The number of aliphatic carboxylic acids is 1. The molecule has 0 spiro atoms. The van der Waals surface area contributed by atoms with Gasteiger partial charge in [0.1, 0.15) is 11.9 Å². The topological polar surface area (TPSA) is 74.7 Å². The van der Waals surface area contributed by atoms with Crippen LogP contribution in [0.1, 0.15) is 6.92 Å². The summed E-state index contributed by atoms with van der Waals surface area (Å²) in [7, 11) is -4.34. The molecule has 1 unspecified atom stereocenters. The number of sulfonamides is 1. The van der Waals surface area contributed by atoms with Gasteiger partial charge in [0.25, 0.3) is 10.0 Å². The van der Waals surface area contributed by atoms with E-state index in [2.05, 4.69) is 0 Å². The minimum absolute atomic E-state index is 0.0266. The monoisotopic (exact) mass is 391 g/mol. The standard InChI is InChI=1S/C15H12Cl2FNO4S/c1-9(15(20)21)19(14-12(16)3-2-4-13(14)17)24(22,23)11-7-5-10(18)6-8-11/h2-9H,1H3,(H,20,21). The lowest BCUT2D eigenvalue weighted by atomic mass is 10.2. The predicted molar refractivity (Wildman–Crippen MR) is 89.6 cm³/mol. The number of rotatable bonds is 5. The van der Waals surface area contributed by atoms with Crippen molar-refractivity contribution in [3.8, 4) is 0 Å². The van der Waals surface area contributed by atoms with E-state index >= 15 is 0 Å². The fourth-order valence-corrected chi connectivity index (χ4v) is 4.37. The molecule has 0 heterocycles. The number of benzene rings is 2. The highest BCUT2D eigenvalue weighted by Crippen LogP contribution is 2.38. The average molecular weight is 392 g/mol. The Hall–Kier alpha value is -1.83. The van der Waals surface area contributed by atoms with Crippen molar-refractivity contribution in [2.24, 2.45) is 0 Å². The second-order valence-corrected chi connectivity index (χ2v) is 7.47. The number of hydrogen-bond donors (Lipinski definition) is 1. The fraction of sp³-hybridized carbons (Fsp3) is 0.133. The smallest absolute Gasteiger partial charge is 0.327 e. The maximum atomic E-state index is 13.1. The van der Waals surface area contributed by atoms with Gasteiger partial charge in [-0.1, -0.05) is 29.3 Å². The highest BCUT2D eigenvalue weighted by atomic mass is 35.5. The molecule has 1 atom stereocenters. The van der Waals surface area contributed by atoms with Crippen LogP contribution in [0.2, 0.25) is 10.0 Å². The predicted octanol–water partition coefficient (Wildman–Crippen LogP) is 3.80. The lowest BCUT2D eigenvalue weighted by molar-refractivity contribution is -0.137. The Balaban J connectivity index is 2.71. The highest BCUT2D eigenvalue weighted by Gasteiger charge is 2.35. The van der Waals surface area contributed by atoms with Gasteiger partial charge in [0.15, 0.2) is 0 Å². The average Bonchev–Trinajstić information content (AvgIpc) is 2.50. The first-order valence-corrected chi connectivity index (χ1v) is 8.82. The molecule has 0 aliphatic heterocycles. The van der Waals surface area contributed by atoms with Crippen molar-refractivity contribution in [3.63, 3.8) is 0 Å². The molecule has 0 radical (unpaired) electrons. The number of para-hydroxylation sites is 1. The first kappa shape index (κ1) is 18.5. The molecule has 5 nitrogen and oxygen atoms in total. The van der Waals surface area contributed by atoms with E-state index in [4.69, 9.17) is 23.2 Å². The molecule has 128 valence electrons. The van der Waals surface area contributed by atoms with Crippen molar-refractivity contribution >= 4 is 44.9 Å².